The third-order valence-corrected chi connectivity index (χ3v) is 3.71. The van der Waals surface area contributed by atoms with Gasteiger partial charge in [0.05, 0.1) is 6.54 Å². The van der Waals surface area contributed by atoms with Gasteiger partial charge in [-0.1, -0.05) is 0 Å². The topological polar surface area (TPSA) is 79.1 Å². The number of anilines is 3. The normalized spacial score (nSPS) is 21.1. The summed E-state index contributed by atoms with van der Waals surface area (Å²) in [5.74, 6) is 4.80. The van der Waals surface area contributed by atoms with Gasteiger partial charge >= 0.3 is 0 Å². The third kappa shape index (κ3) is 2.35. The number of alkyl halides is 2. The molecule has 2 aliphatic rings. The SMILES string of the molecule is CNc1c(NN)nc(C2CC2)nc1N1CCC(F)(F)C1. The highest BCUT2D eigenvalue weighted by Crippen LogP contribution is 2.42. The Morgan fingerprint density at radius 3 is 2.60 bits per heavy atom. The molecule has 0 amide bonds. The van der Waals surface area contributed by atoms with Crippen molar-refractivity contribution >= 4 is 17.3 Å². The predicted octanol–water partition coefficient (Wildman–Crippen LogP) is 1.53. The van der Waals surface area contributed by atoms with E-state index in [1.807, 2.05) is 0 Å². The number of hydrogen-bond donors (Lipinski definition) is 3. The van der Waals surface area contributed by atoms with Gasteiger partial charge in [0.2, 0.25) is 0 Å². The van der Waals surface area contributed by atoms with Crippen molar-refractivity contribution in [1.29, 1.82) is 0 Å². The molecule has 8 heteroatoms. The molecule has 0 atom stereocenters. The lowest BCUT2D eigenvalue weighted by Crippen LogP contribution is -2.27. The average Bonchev–Trinajstić information content (AvgIpc) is 3.21. The summed E-state index contributed by atoms with van der Waals surface area (Å²) in [6, 6.07) is 0. The molecule has 3 rings (SSSR count). The van der Waals surface area contributed by atoms with E-state index in [0.717, 1.165) is 12.8 Å². The van der Waals surface area contributed by atoms with E-state index in [4.69, 9.17) is 5.84 Å². The minimum atomic E-state index is -2.66. The monoisotopic (exact) mass is 284 g/mol. The van der Waals surface area contributed by atoms with E-state index in [-0.39, 0.29) is 19.5 Å². The lowest BCUT2D eigenvalue weighted by atomic mass is 10.3. The molecule has 1 saturated heterocycles. The van der Waals surface area contributed by atoms with Gasteiger partial charge in [-0.2, -0.15) is 0 Å². The molecule has 2 heterocycles. The highest BCUT2D eigenvalue weighted by molar-refractivity contribution is 5.78. The number of hydrogen-bond acceptors (Lipinski definition) is 6. The zero-order valence-corrected chi connectivity index (χ0v) is 11.3. The van der Waals surface area contributed by atoms with Gasteiger partial charge in [0, 0.05) is 25.9 Å². The second kappa shape index (κ2) is 4.69. The molecule has 20 heavy (non-hydrogen) atoms. The summed E-state index contributed by atoms with van der Waals surface area (Å²) in [5.41, 5.74) is 3.09. The maximum atomic E-state index is 13.4. The fraction of sp³-hybridized carbons (Fsp3) is 0.667. The van der Waals surface area contributed by atoms with Crippen LogP contribution in [0, 0.1) is 0 Å². The van der Waals surface area contributed by atoms with Crippen LogP contribution in [0.15, 0.2) is 0 Å². The highest BCUT2D eigenvalue weighted by Gasteiger charge is 2.40. The summed E-state index contributed by atoms with van der Waals surface area (Å²) in [7, 11) is 1.70. The van der Waals surface area contributed by atoms with Crippen molar-refractivity contribution < 1.29 is 8.78 Å². The highest BCUT2D eigenvalue weighted by atomic mass is 19.3. The van der Waals surface area contributed by atoms with Crippen LogP contribution in [0.3, 0.4) is 0 Å². The van der Waals surface area contributed by atoms with Gasteiger partial charge in [0.15, 0.2) is 11.6 Å². The average molecular weight is 284 g/mol. The standard InChI is InChI=1S/C12H18F2N6/c1-16-8-10(19-15)17-9(7-2-3-7)18-11(8)20-5-4-12(13,14)6-20/h7,16H,2-6,15H2,1H3,(H,17,18,19). The van der Waals surface area contributed by atoms with Crippen molar-refractivity contribution in [2.75, 3.05) is 35.8 Å². The number of rotatable bonds is 4. The van der Waals surface area contributed by atoms with Gasteiger partial charge in [-0.3, -0.25) is 0 Å². The van der Waals surface area contributed by atoms with Crippen LogP contribution in [0.5, 0.6) is 0 Å². The van der Waals surface area contributed by atoms with E-state index in [9.17, 15) is 8.78 Å². The second-order valence-electron chi connectivity index (χ2n) is 5.33. The fourth-order valence-corrected chi connectivity index (χ4v) is 2.47. The summed E-state index contributed by atoms with van der Waals surface area (Å²) < 4.78 is 26.8. The van der Waals surface area contributed by atoms with E-state index >= 15 is 0 Å². The fourth-order valence-electron chi connectivity index (χ4n) is 2.47. The molecule has 0 spiro atoms. The van der Waals surface area contributed by atoms with Crippen LogP contribution < -0.4 is 21.5 Å². The van der Waals surface area contributed by atoms with Crippen LogP contribution in [-0.2, 0) is 0 Å². The third-order valence-electron chi connectivity index (χ3n) is 3.71. The molecule has 0 radical (unpaired) electrons. The van der Waals surface area contributed by atoms with Gasteiger partial charge in [0.1, 0.15) is 11.5 Å². The zero-order valence-electron chi connectivity index (χ0n) is 11.3. The number of nitrogens with zero attached hydrogens (tertiary/aromatic N) is 3. The van der Waals surface area contributed by atoms with Gasteiger partial charge in [-0.15, -0.1) is 0 Å². The molecule has 2 fully saturated rings. The Morgan fingerprint density at radius 2 is 2.10 bits per heavy atom. The van der Waals surface area contributed by atoms with Crippen molar-refractivity contribution in [2.45, 2.75) is 31.1 Å². The number of nitrogen functional groups attached to an aromatic ring is 1. The lowest BCUT2D eigenvalue weighted by Gasteiger charge is -2.22. The molecule has 1 saturated carbocycles. The molecular weight excluding hydrogens is 266 g/mol. The molecule has 1 aliphatic carbocycles. The van der Waals surface area contributed by atoms with E-state index in [1.54, 1.807) is 11.9 Å². The first kappa shape index (κ1) is 13.3. The van der Waals surface area contributed by atoms with Gasteiger partial charge in [-0.25, -0.2) is 24.6 Å². The molecule has 1 aliphatic heterocycles. The maximum absolute atomic E-state index is 13.4. The van der Waals surface area contributed by atoms with Crippen LogP contribution in [0.1, 0.15) is 31.0 Å². The smallest absolute Gasteiger partial charge is 0.266 e. The van der Waals surface area contributed by atoms with E-state index in [2.05, 4.69) is 20.7 Å². The first-order valence-electron chi connectivity index (χ1n) is 6.73. The van der Waals surface area contributed by atoms with Crippen molar-refractivity contribution in [2.24, 2.45) is 5.84 Å². The van der Waals surface area contributed by atoms with Crippen molar-refractivity contribution in [3.63, 3.8) is 0 Å². The molecule has 4 N–H and O–H groups in total. The van der Waals surface area contributed by atoms with E-state index < -0.39 is 5.92 Å². The Hall–Kier alpha value is -1.70. The minimum Gasteiger partial charge on any atom is -0.382 e. The Labute approximate surface area is 115 Å². The zero-order chi connectivity index (χ0) is 14.3. The van der Waals surface area contributed by atoms with E-state index in [0.29, 0.717) is 29.1 Å². The molecule has 1 aromatic rings. The Morgan fingerprint density at radius 1 is 1.35 bits per heavy atom. The number of nitrogens with one attached hydrogen (secondary N) is 2. The molecule has 0 bridgehead atoms. The summed E-state index contributed by atoms with van der Waals surface area (Å²) in [5, 5.41) is 2.95. The van der Waals surface area contributed by atoms with Crippen LogP contribution in [0.2, 0.25) is 0 Å². The molecule has 1 aromatic heterocycles. The number of nitrogens with two attached hydrogens (primary N) is 1. The summed E-state index contributed by atoms with van der Waals surface area (Å²) >= 11 is 0. The van der Waals surface area contributed by atoms with Crippen molar-refractivity contribution in [1.82, 2.24) is 9.97 Å². The van der Waals surface area contributed by atoms with Crippen LogP contribution in [-0.4, -0.2) is 36.0 Å². The number of halogens is 2. The Bertz CT molecular complexity index is 517. The van der Waals surface area contributed by atoms with Gasteiger partial charge in [-0.05, 0) is 12.8 Å². The van der Waals surface area contributed by atoms with Crippen LogP contribution >= 0.6 is 0 Å². The summed E-state index contributed by atoms with van der Waals surface area (Å²) in [4.78, 5) is 10.5. The van der Waals surface area contributed by atoms with Crippen LogP contribution in [0.4, 0.5) is 26.1 Å². The number of hydrazine groups is 1. The Balaban J connectivity index is 2.01. The lowest BCUT2D eigenvalue weighted by molar-refractivity contribution is 0.0257. The number of aromatic nitrogens is 2. The van der Waals surface area contributed by atoms with Gasteiger partial charge in [0.25, 0.3) is 5.92 Å². The molecule has 0 unspecified atom stereocenters. The largest absolute Gasteiger partial charge is 0.382 e. The minimum absolute atomic E-state index is 0.149. The first-order chi connectivity index (χ1) is 9.54. The van der Waals surface area contributed by atoms with Gasteiger partial charge < -0.3 is 15.6 Å². The molecule has 6 nitrogen and oxygen atoms in total. The first-order valence-corrected chi connectivity index (χ1v) is 6.73. The maximum Gasteiger partial charge on any atom is 0.266 e. The second-order valence-corrected chi connectivity index (χ2v) is 5.33. The Kier molecular flexibility index (Phi) is 3.12. The van der Waals surface area contributed by atoms with Crippen LogP contribution in [0.25, 0.3) is 0 Å². The van der Waals surface area contributed by atoms with E-state index in [1.165, 1.54) is 0 Å². The summed E-state index contributed by atoms with van der Waals surface area (Å²) in [6.07, 6.45) is 1.93. The predicted molar refractivity (Wildman–Crippen MR) is 73.1 cm³/mol. The molecular formula is C12H18F2N6. The van der Waals surface area contributed by atoms with Crippen molar-refractivity contribution in [3.05, 3.63) is 5.82 Å². The summed E-state index contributed by atoms with van der Waals surface area (Å²) in [6.45, 7) is -0.0282. The molecule has 0 aromatic carbocycles. The quantitative estimate of drug-likeness (QED) is 0.575. The molecule has 110 valence electrons. The van der Waals surface area contributed by atoms with Crippen molar-refractivity contribution in [3.8, 4) is 0 Å².